The first-order valence-corrected chi connectivity index (χ1v) is 8.30. The van der Waals surface area contributed by atoms with Crippen molar-refractivity contribution in [3.63, 3.8) is 0 Å². The molecular formula is C22H17NO2. The fraction of sp³-hybridized carbons (Fsp3) is 0.0909. The van der Waals surface area contributed by atoms with E-state index in [1.54, 1.807) is 17.0 Å². The third-order valence-corrected chi connectivity index (χ3v) is 4.61. The first-order valence-electron chi connectivity index (χ1n) is 8.30. The van der Waals surface area contributed by atoms with Crippen LogP contribution in [0.3, 0.4) is 0 Å². The van der Waals surface area contributed by atoms with Gasteiger partial charge in [-0.05, 0) is 17.7 Å². The number of benzene rings is 3. The van der Waals surface area contributed by atoms with E-state index in [0.29, 0.717) is 5.56 Å². The highest BCUT2D eigenvalue weighted by Gasteiger charge is 2.52. The number of hydrogen-bond acceptors (Lipinski definition) is 2. The summed E-state index contributed by atoms with van der Waals surface area (Å²) < 4.78 is 0. The van der Waals surface area contributed by atoms with Gasteiger partial charge in [-0.3, -0.25) is 9.59 Å². The molecule has 0 saturated carbocycles. The van der Waals surface area contributed by atoms with Crippen LogP contribution in [-0.4, -0.2) is 11.7 Å². The molecule has 1 amide bonds. The molecule has 4 rings (SSSR count). The van der Waals surface area contributed by atoms with Crippen molar-refractivity contribution in [3.8, 4) is 0 Å². The molecule has 1 saturated heterocycles. The van der Waals surface area contributed by atoms with Crippen molar-refractivity contribution in [1.29, 1.82) is 0 Å². The van der Waals surface area contributed by atoms with Gasteiger partial charge in [0.1, 0.15) is 5.92 Å². The first-order chi connectivity index (χ1) is 12.3. The van der Waals surface area contributed by atoms with Gasteiger partial charge in [0, 0.05) is 11.3 Å². The second-order valence-corrected chi connectivity index (χ2v) is 6.11. The molecule has 0 spiro atoms. The van der Waals surface area contributed by atoms with Crippen molar-refractivity contribution in [2.75, 3.05) is 4.90 Å². The largest absolute Gasteiger partial charge is 0.303 e. The zero-order chi connectivity index (χ0) is 17.2. The van der Waals surface area contributed by atoms with E-state index >= 15 is 0 Å². The number of hydrogen-bond donors (Lipinski definition) is 0. The molecule has 0 radical (unpaired) electrons. The summed E-state index contributed by atoms with van der Waals surface area (Å²) in [6.07, 6.45) is 0. The lowest BCUT2D eigenvalue weighted by Gasteiger charge is -2.46. The summed E-state index contributed by atoms with van der Waals surface area (Å²) in [5.74, 6) is -0.939. The van der Waals surface area contributed by atoms with E-state index in [1.165, 1.54) is 0 Å². The van der Waals surface area contributed by atoms with Crippen LogP contribution in [0.1, 0.15) is 22.0 Å². The van der Waals surface area contributed by atoms with Crippen LogP contribution in [-0.2, 0) is 4.79 Å². The van der Waals surface area contributed by atoms with Crippen LogP contribution in [0.15, 0.2) is 91.0 Å². The van der Waals surface area contributed by atoms with Gasteiger partial charge in [0.2, 0.25) is 5.91 Å². The van der Waals surface area contributed by atoms with Crippen molar-refractivity contribution in [2.45, 2.75) is 6.04 Å². The predicted octanol–water partition coefficient (Wildman–Crippen LogP) is 4.27. The lowest BCUT2D eigenvalue weighted by atomic mass is 9.77. The minimum Gasteiger partial charge on any atom is -0.303 e. The van der Waals surface area contributed by atoms with E-state index in [1.807, 2.05) is 78.9 Å². The third kappa shape index (κ3) is 2.64. The van der Waals surface area contributed by atoms with Gasteiger partial charge in [-0.2, -0.15) is 0 Å². The Labute approximate surface area is 146 Å². The molecule has 1 fully saturated rings. The van der Waals surface area contributed by atoms with E-state index in [2.05, 4.69) is 0 Å². The number of β-lactam (4-membered cyclic amide) rings is 1. The fourth-order valence-corrected chi connectivity index (χ4v) is 3.39. The lowest BCUT2D eigenvalue weighted by Crippen LogP contribution is -2.58. The second kappa shape index (κ2) is 6.36. The molecule has 3 nitrogen and oxygen atoms in total. The molecule has 2 atom stereocenters. The molecule has 3 aromatic carbocycles. The van der Waals surface area contributed by atoms with Crippen LogP contribution in [0.25, 0.3) is 0 Å². The van der Waals surface area contributed by atoms with Crippen molar-refractivity contribution in [1.82, 2.24) is 0 Å². The average molecular weight is 327 g/mol. The number of amides is 1. The van der Waals surface area contributed by atoms with Crippen LogP contribution in [0, 0.1) is 5.92 Å². The van der Waals surface area contributed by atoms with Gasteiger partial charge in [0.05, 0.1) is 6.04 Å². The Hall–Kier alpha value is -3.20. The van der Waals surface area contributed by atoms with E-state index in [0.717, 1.165) is 11.3 Å². The Bertz CT molecular complexity index is 891. The van der Waals surface area contributed by atoms with Gasteiger partial charge < -0.3 is 4.90 Å². The Morgan fingerprint density at radius 1 is 0.720 bits per heavy atom. The summed E-state index contributed by atoms with van der Waals surface area (Å²) in [5.41, 5.74) is 2.37. The van der Waals surface area contributed by atoms with Crippen molar-refractivity contribution >= 4 is 17.4 Å². The second-order valence-electron chi connectivity index (χ2n) is 6.11. The first kappa shape index (κ1) is 15.3. The molecule has 0 bridgehead atoms. The molecule has 0 unspecified atom stereocenters. The smallest absolute Gasteiger partial charge is 0.241 e. The Balaban J connectivity index is 1.74. The van der Waals surface area contributed by atoms with Crippen LogP contribution >= 0.6 is 0 Å². The van der Waals surface area contributed by atoms with Gasteiger partial charge in [0.15, 0.2) is 5.78 Å². The van der Waals surface area contributed by atoms with Crippen molar-refractivity contribution < 1.29 is 9.59 Å². The summed E-state index contributed by atoms with van der Waals surface area (Å²) in [4.78, 5) is 27.5. The summed E-state index contributed by atoms with van der Waals surface area (Å²) in [5, 5.41) is 0. The summed E-state index contributed by atoms with van der Waals surface area (Å²) >= 11 is 0. The quantitative estimate of drug-likeness (QED) is 0.407. The number of Topliss-reactive ketones (excluding diaryl/α,β-unsaturated/α-hetero) is 1. The number of rotatable bonds is 4. The van der Waals surface area contributed by atoms with Gasteiger partial charge in [-0.25, -0.2) is 0 Å². The summed E-state index contributed by atoms with van der Waals surface area (Å²) in [7, 11) is 0. The number of nitrogens with zero attached hydrogens (tertiary/aromatic N) is 1. The molecule has 1 aliphatic rings. The number of carbonyl (C=O) groups is 2. The highest BCUT2D eigenvalue weighted by atomic mass is 16.2. The molecule has 1 aliphatic heterocycles. The van der Waals surface area contributed by atoms with Crippen LogP contribution in [0.2, 0.25) is 0 Å². The predicted molar refractivity (Wildman–Crippen MR) is 97.4 cm³/mol. The topological polar surface area (TPSA) is 37.4 Å². The minimum absolute atomic E-state index is 0.119. The molecule has 25 heavy (non-hydrogen) atoms. The van der Waals surface area contributed by atoms with Gasteiger partial charge in [-0.1, -0.05) is 78.9 Å². The number of carbonyl (C=O) groups excluding carboxylic acids is 2. The number of ketones is 1. The Morgan fingerprint density at radius 2 is 1.24 bits per heavy atom. The molecule has 1 heterocycles. The molecule has 3 aromatic rings. The van der Waals surface area contributed by atoms with Gasteiger partial charge >= 0.3 is 0 Å². The maximum atomic E-state index is 13.0. The number of para-hydroxylation sites is 1. The maximum Gasteiger partial charge on any atom is 0.241 e. The van der Waals surface area contributed by atoms with Crippen LogP contribution in [0.5, 0.6) is 0 Å². The molecule has 0 aliphatic carbocycles. The molecule has 0 N–H and O–H groups in total. The van der Waals surface area contributed by atoms with Gasteiger partial charge in [-0.15, -0.1) is 0 Å². The van der Waals surface area contributed by atoms with E-state index < -0.39 is 5.92 Å². The van der Waals surface area contributed by atoms with Crippen LogP contribution < -0.4 is 4.90 Å². The van der Waals surface area contributed by atoms with E-state index in [4.69, 9.17) is 0 Å². The maximum absolute atomic E-state index is 13.0. The monoisotopic (exact) mass is 327 g/mol. The summed E-state index contributed by atoms with van der Waals surface area (Å²) in [6, 6.07) is 28.0. The molecule has 122 valence electrons. The SMILES string of the molecule is O=C(c1ccccc1)[C@H]1C(=O)N(c2ccccc2)[C@@H]1c1ccccc1. The fourth-order valence-electron chi connectivity index (χ4n) is 3.39. The zero-order valence-electron chi connectivity index (χ0n) is 13.6. The van der Waals surface area contributed by atoms with Crippen molar-refractivity contribution in [3.05, 3.63) is 102 Å². The third-order valence-electron chi connectivity index (χ3n) is 4.61. The highest BCUT2D eigenvalue weighted by Crippen LogP contribution is 2.44. The van der Waals surface area contributed by atoms with E-state index in [-0.39, 0.29) is 17.7 Å². The molecular weight excluding hydrogens is 310 g/mol. The van der Waals surface area contributed by atoms with Crippen molar-refractivity contribution in [2.24, 2.45) is 5.92 Å². The molecule has 0 aromatic heterocycles. The lowest BCUT2D eigenvalue weighted by molar-refractivity contribution is -0.128. The normalized spacial score (nSPS) is 19.4. The zero-order valence-corrected chi connectivity index (χ0v) is 13.6. The standard InChI is InChI=1S/C22H17NO2/c24-21(17-12-6-2-7-13-17)19-20(16-10-4-1-5-11-16)23(22(19)25)18-14-8-3-9-15-18/h1-15,19-20H/t19-,20+/m0/s1. The Kier molecular flexibility index (Phi) is 3.90. The molecule has 3 heteroatoms. The van der Waals surface area contributed by atoms with E-state index in [9.17, 15) is 9.59 Å². The number of anilines is 1. The van der Waals surface area contributed by atoms with Gasteiger partial charge in [0.25, 0.3) is 0 Å². The Morgan fingerprint density at radius 3 is 1.84 bits per heavy atom. The highest BCUT2D eigenvalue weighted by molar-refractivity contribution is 6.20. The van der Waals surface area contributed by atoms with Crippen LogP contribution in [0.4, 0.5) is 5.69 Å². The minimum atomic E-state index is -0.676. The summed E-state index contributed by atoms with van der Waals surface area (Å²) in [6.45, 7) is 0. The average Bonchev–Trinajstić information content (AvgIpc) is 2.68.